The van der Waals surface area contributed by atoms with Gasteiger partial charge in [-0.3, -0.25) is 14.4 Å². The van der Waals surface area contributed by atoms with Crippen LogP contribution < -0.4 is 0 Å². The summed E-state index contributed by atoms with van der Waals surface area (Å²) in [5.41, 5.74) is 0. The molecule has 45 heavy (non-hydrogen) atoms. The highest BCUT2D eigenvalue weighted by molar-refractivity contribution is 5.71. The van der Waals surface area contributed by atoms with Crippen LogP contribution in [0.25, 0.3) is 0 Å². The van der Waals surface area contributed by atoms with Gasteiger partial charge in [0.05, 0.1) is 0 Å². The largest absolute Gasteiger partial charge is 0.462 e. The highest BCUT2D eigenvalue weighted by Gasteiger charge is 2.19. The van der Waals surface area contributed by atoms with Crippen molar-refractivity contribution in [1.82, 2.24) is 0 Å². The minimum Gasteiger partial charge on any atom is -0.462 e. The van der Waals surface area contributed by atoms with Gasteiger partial charge >= 0.3 is 17.9 Å². The predicted molar refractivity (Wildman–Crippen MR) is 187 cm³/mol. The fourth-order valence-electron chi connectivity index (χ4n) is 5.66. The Morgan fingerprint density at radius 2 is 0.644 bits per heavy atom. The van der Waals surface area contributed by atoms with E-state index in [1.807, 2.05) is 6.92 Å². The van der Waals surface area contributed by atoms with Gasteiger partial charge in [-0.25, -0.2) is 0 Å². The van der Waals surface area contributed by atoms with Crippen LogP contribution in [-0.4, -0.2) is 37.2 Å². The number of rotatable bonds is 35. The monoisotopic (exact) mass is 639 g/mol. The Labute approximate surface area is 278 Å². The number of esters is 3. The average molecular weight is 639 g/mol. The smallest absolute Gasteiger partial charge is 0.306 e. The predicted octanol–water partition coefficient (Wildman–Crippen LogP) is 11.7. The molecule has 0 radical (unpaired) electrons. The van der Waals surface area contributed by atoms with Crippen molar-refractivity contribution in [3.05, 3.63) is 0 Å². The lowest BCUT2D eigenvalue weighted by Gasteiger charge is -2.18. The summed E-state index contributed by atoms with van der Waals surface area (Å²) in [5, 5.41) is 0. The van der Waals surface area contributed by atoms with Crippen molar-refractivity contribution in [3.8, 4) is 0 Å². The maximum Gasteiger partial charge on any atom is 0.306 e. The fraction of sp³-hybridized carbons (Fsp3) is 0.923. The molecule has 0 rings (SSSR count). The fourth-order valence-corrected chi connectivity index (χ4v) is 5.66. The van der Waals surface area contributed by atoms with Gasteiger partial charge in [0.25, 0.3) is 0 Å². The lowest BCUT2D eigenvalue weighted by Crippen LogP contribution is -2.30. The summed E-state index contributed by atoms with van der Waals surface area (Å²) in [5.74, 6) is -0.925. The summed E-state index contributed by atoms with van der Waals surface area (Å²) in [6.45, 7) is 6.28. The highest BCUT2D eigenvalue weighted by Crippen LogP contribution is 2.15. The summed E-state index contributed by atoms with van der Waals surface area (Å²) in [6.07, 6.45) is 33.6. The van der Waals surface area contributed by atoms with Crippen LogP contribution in [0.1, 0.15) is 213 Å². The number of hydrogen-bond acceptors (Lipinski definition) is 6. The third-order valence-corrected chi connectivity index (χ3v) is 8.58. The Kier molecular flexibility index (Phi) is 34.0. The topological polar surface area (TPSA) is 78.9 Å². The van der Waals surface area contributed by atoms with E-state index in [4.69, 9.17) is 14.2 Å². The molecule has 0 saturated heterocycles. The van der Waals surface area contributed by atoms with Gasteiger partial charge in [0.2, 0.25) is 0 Å². The minimum atomic E-state index is -0.754. The molecule has 0 aliphatic heterocycles. The summed E-state index contributed by atoms with van der Waals surface area (Å²) in [7, 11) is 0. The third kappa shape index (κ3) is 33.6. The summed E-state index contributed by atoms with van der Waals surface area (Å²) < 4.78 is 16.3. The van der Waals surface area contributed by atoms with Gasteiger partial charge < -0.3 is 14.2 Å². The minimum absolute atomic E-state index is 0.0684. The summed E-state index contributed by atoms with van der Waals surface area (Å²) in [6, 6.07) is 0. The van der Waals surface area contributed by atoms with Gasteiger partial charge in [-0.05, 0) is 19.3 Å². The molecule has 0 bridgehead atoms. The third-order valence-electron chi connectivity index (χ3n) is 8.58. The van der Waals surface area contributed by atoms with Gasteiger partial charge in [0.15, 0.2) is 6.10 Å². The zero-order valence-corrected chi connectivity index (χ0v) is 30.2. The van der Waals surface area contributed by atoms with Crippen molar-refractivity contribution < 1.29 is 28.6 Å². The lowest BCUT2D eigenvalue weighted by atomic mass is 10.0. The second-order valence-corrected chi connectivity index (χ2v) is 13.2. The van der Waals surface area contributed by atoms with E-state index in [1.54, 1.807) is 0 Å². The van der Waals surface area contributed by atoms with Crippen molar-refractivity contribution >= 4 is 17.9 Å². The van der Waals surface area contributed by atoms with Gasteiger partial charge in [-0.1, -0.05) is 175 Å². The van der Waals surface area contributed by atoms with Crippen LogP contribution in [0, 0.1) is 0 Å². The summed E-state index contributed by atoms with van der Waals surface area (Å²) >= 11 is 0. The van der Waals surface area contributed by atoms with Crippen LogP contribution in [0.15, 0.2) is 0 Å². The second-order valence-electron chi connectivity index (χ2n) is 13.2. The SMILES string of the molecule is CCCCCCCCCCCCCCCC(=O)OC[C@H](COC(=O)CCC)OC(=O)CCCCCCCCCCCCCCC. The molecule has 0 unspecified atom stereocenters. The van der Waals surface area contributed by atoms with E-state index in [1.165, 1.54) is 128 Å². The molecule has 0 aliphatic carbocycles. The first-order valence-electron chi connectivity index (χ1n) is 19.5. The van der Waals surface area contributed by atoms with Crippen molar-refractivity contribution in [2.75, 3.05) is 13.2 Å². The molecule has 0 fully saturated rings. The zero-order chi connectivity index (χ0) is 33.1. The van der Waals surface area contributed by atoms with Crippen LogP contribution in [-0.2, 0) is 28.6 Å². The maximum atomic E-state index is 12.5. The van der Waals surface area contributed by atoms with E-state index < -0.39 is 6.10 Å². The van der Waals surface area contributed by atoms with Crippen molar-refractivity contribution in [1.29, 1.82) is 0 Å². The molecule has 0 N–H and O–H groups in total. The van der Waals surface area contributed by atoms with Crippen molar-refractivity contribution in [3.63, 3.8) is 0 Å². The van der Waals surface area contributed by atoms with Crippen LogP contribution in [0.4, 0.5) is 0 Å². The first kappa shape index (κ1) is 43.4. The Balaban J connectivity index is 4.00. The molecule has 0 heterocycles. The Morgan fingerprint density at radius 3 is 0.978 bits per heavy atom. The molecule has 0 spiro atoms. The van der Waals surface area contributed by atoms with Gasteiger partial charge in [-0.15, -0.1) is 0 Å². The number of hydrogen-bond donors (Lipinski definition) is 0. The Bertz CT molecular complexity index is 664. The molecule has 0 aromatic carbocycles. The second kappa shape index (κ2) is 35.3. The molecule has 6 nitrogen and oxygen atoms in total. The van der Waals surface area contributed by atoms with E-state index in [-0.39, 0.29) is 31.1 Å². The number of ether oxygens (including phenoxy) is 3. The molecule has 0 aromatic heterocycles. The molecule has 1 atom stereocenters. The quantitative estimate of drug-likeness (QED) is 0.0390. The van der Waals surface area contributed by atoms with Gasteiger partial charge in [-0.2, -0.15) is 0 Å². The maximum absolute atomic E-state index is 12.5. The van der Waals surface area contributed by atoms with E-state index >= 15 is 0 Å². The van der Waals surface area contributed by atoms with Crippen LogP contribution in [0.3, 0.4) is 0 Å². The standard InChI is InChI=1S/C39H74O6/c1-4-7-9-11-13-15-17-19-21-23-25-27-29-32-38(41)44-35-36(34-43-37(40)31-6-3)45-39(42)33-30-28-26-24-22-20-18-16-14-12-10-8-5-2/h36H,4-35H2,1-3H3/t36-/m0/s1. The Morgan fingerprint density at radius 1 is 0.356 bits per heavy atom. The van der Waals surface area contributed by atoms with E-state index in [0.717, 1.165) is 38.5 Å². The van der Waals surface area contributed by atoms with Gasteiger partial charge in [0, 0.05) is 19.3 Å². The zero-order valence-electron chi connectivity index (χ0n) is 30.2. The van der Waals surface area contributed by atoms with E-state index in [2.05, 4.69) is 13.8 Å². The molecule has 0 amide bonds. The average Bonchev–Trinajstić information content (AvgIpc) is 3.03. The first-order chi connectivity index (χ1) is 22.0. The molecule has 6 heteroatoms. The molecular weight excluding hydrogens is 564 g/mol. The van der Waals surface area contributed by atoms with Gasteiger partial charge in [0.1, 0.15) is 13.2 Å². The number of carbonyl (C=O) groups is 3. The molecule has 266 valence electrons. The van der Waals surface area contributed by atoms with Crippen LogP contribution >= 0.6 is 0 Å². The molecular formula is C39H74O6. The van der Waals surface area contributed by atoms with E-state index in [0.29, 0.717) is 25.7 Å². The van der Waals surface area contributed by atoms with E-state index in [9.17, 15) is 14.4 Å². The molecule has 0 aromatic rings. The number of unbranched alkanes of at least 4 members (excludes halogenated alkanes) is 24. The van der Waals surface area contributed by atoms with Crippen molar-refractivity contribution in [2.24, 2.45) is 0 Å². The first-order valence-corrected chi connectivity index (χ1v) is 19.5. The number of carbonyl (C=O) groups excluding carboxylic acids is 3. The molecule has 0 saturated carbocycles. The normalized spacial score (nSPS) is 11.8. The Hall–Kier alpha value is -1.59. The summed E-state index contributed by atoms with van der Waals surface area (Å²) in [4.78, 5) is 36.6. The van der Waals surface area contributed by atoms with Crippen LogP contribution in [0.5, 0.6) is 0 Å². The molecule has 0 aliphatic rings. The highest BCUT2D eigenvalue weighted by atomic mass is 16.6. The van der Waals surface area contributed by atoms with Crippen molar-refractivity contribution in [2.45, 2.75) is 219 Å². The lowest BCUT2D eigenvalue weighted by molar-refractivity contribution is -0.167. The van der Waals surface area contributed by atoms with Crippen LogP contribution in [0.2, 0.25) is 0 Å².